The fourth-order valence-electron chi connectivity index (χ4n) is 3.33. The molecular weight excluding hydrogens is 373 g/mol. The number of hydrogen-bond acceptors (Lipinski definition) is 5. The van der Waals surface area contributed by atoms with Crippen LogP contribution in [0.4, 0.5) is 20.6 Å². The molecule has 156 valence electrons. The second-order valence-electron chi connectivity index (χ2n) is 6.85. The number of hydrogen-bond donors (Lipinski definition) is 1. The lowest BCUT2D eigenvalue weighted by molar-refractivity contribution is 0.151. The summed E-state index contributed by atoms with van der Waals surface area (Å²) in [5, 5.41) is 2.73. The minimum absolute atomic E-state index is 0.210. The van der Waals surface area contributed by atoms with Crippen LogP contribution in [0.1, 0.15) is 13.3 Å². The summed E-state index contributed by atoms with van der Waals surface area (Å²) < 4.78 is 23.8. The van der Waals surface area contributed by atoms with Crippen molar-refractivity contribution in [1.82, 2.24) is 4.90 Å². The number of carbonyl (C=O) groups is 1. The number of nitrogens with one attached hydrogen (secondary N) is 1. The number of para-hydroxylation sites is 2. The number of anilines is 2. The first kappa shape index (κ1) is 20.9. The highest BCUT2D eigenvalue weighted by Crippen LogP contribution is 2.23. The summed E-state index contributed by atoms with van der Waals surface area (Å²) >= 11 is 0. The van der Waals surface area contributed by atoms with Crippen molar-refractivity contribution in [2.24, 2.45) is 0 Å². The van der Waals surface area contributed by atoms with Gasteiger partial charge in [-0.1, -0.05) is 12.1 Å². The zero-order chi connectivity index (χ0) is 20.5. The van der Waals surface area contributed by atoms with Crippen molar-refractivity contribution in [3.63, 3.8) is 0 Å². The van der Waals surface area contributed by atoms with Crippen molar-refractivity contribution in [2.75, 3.05) is 56.2 Å². The van der Waals surface area contributed by atoms with Gasteiger partial charge < -0.3 is 14.4 Å². The number of rotatable bonds is 8. The van der Waals surface area contributed by atoms with E-state index in [1.165, 1.54) is 12.1 Å². The lowest BCUT2D eigenvalue weighted by Gasteiger charge is -2.36. The van der Waals surface area contributed by atoms with Gasteiger partial charge in [0.05, 0.1) is 18.9 Å². The molecule has 2 aromatic rings. The molecule has 6 nitrogen and oxygen atoms in total. The normalized spacial score (nSPS) is 14.5. The minimum Gasteiger partial charge on any atom is -0.492 e. The number of halogens is 1. The Hall–Kier alpha value is -2.80. The maximum absolute atomic E-state index is 13.0. The highest BCUT2D eigenvalue weighted by atomic mass is 19.1. The van der Waals surface area contributed by atoms with Crippen molar-refractivity contribution < 1.29 is 18.7 Å². The van der Waals surface area contributed by atoms with E-state index >= 15 is 0 Å². The summed E-state index contributed by atoms with van der Waals surface area (Å²) in [6.45, 7) is 7.34. The van der Waals surface area contributed by atoms with E-state index in [0.29, 0.717) is 24.7 Å². The molecule has 0 spiro atoms. The molecule has 1 saturated heterocycles. The van der Waals surface area contributed by atoms with Gasteiger partial charge in [0, 0.05) is 38.4 Å². The summed E-state index contributed by atoms with van der Waals surface area (Å²) in [4.78, 5) is 16.6. The second-order valence-corrected chi connectivity index (χ2v) is 6.85. The smallest absolute Gasteiger partial charge is 0.411 e. The fraction of sp³-hybridized carbons (Fsp3) is 0.409. The van der Waals surface area contributed by atoms with Crippen LogP contribution in [-0.2, 0) is 4.74 Å². The fourth-order valence-corrected chi connectivity index (χ4v) is 3.33. The Morgan fingerprint density at radius 2 is 1.79 bits per heavy atom. The number of ether oxygens (including phenoxy) is 2. The molecule has 1 aliphatic rings. The van der Waals surface area contributed by atoms with Crippen LogP contribution >= 0.6 is 0 Å². The Balaban J connectivity index is 1.33. The standard InChI is InChI=1S/C22H28FN3O3/c1-2-28-21-7-4-3-6-20(21)24-22(27)29-17-5-12-25-13-15-26(16-14-25)19-10-8-18(23)9-11-19/h3-4,6-11H,2,5,12-17H2,1H3,(H,24,27). The van der Waals surface area contributed by atoms with Gasteiger partial charge in [0.1, 0.15) is 11.6 Å². The van der Waals surface area contributed by atoms with Gasteiger partial charge in [0.15, 0.2) is 0 Å². The summed E-state index contributed by atoms with van der Waals surface area (Å²) in [6, 6.07) is 13.9. The first-order valence-corrected chi connectivity index (χ1v) is 10.0. The lowest BCUT2D eigenvalue weighted by Crippen LogP contribution is -2.46. The van der Waals surface area contributed by atoms with Crippen molar-refractivity contribution in [3.05, 3.63) is 54.3 Å². The van der Waals surface area contributed by atoms with Gasteiger partial charge in [-0.2, -0.15) is 0 Å². The van der Waals surface area contributed by atoms with Crippen LogP contribution in [0.2, 0.25) is 0 Å². The SMILES string of the molecule is CCOc1ccccc1NC(=O)OCCCN1CCN(c2ccc(F)cc2)CC1. The van der Waals surface area contributed by atoms with E-state index in [1.807, 2.05) is 37.3 Å². The summed E-state index contributed by atoms with van der Waals surface area (Å²) in [6.07, 6.45) is 0.301. The topological polar surface area (TPSA) is 54.0 Å². The molecule has 1 amide bonds. The first-order chi connectivity index (χ1) is 14.2. The van der Waals surface area contributed by atoms with Gasteiger partial charge in [0.2, 0.25) is 0 Å². The van der Waals surface area contributed by atoms with E-state index in [0.717, 1.165) is 44.8 Å². The molecular formula is C22H28FN3O3. The lowest BCUT2D eigenvalue weighted by atomic mass is 10.2. The van der Waals surface area contributed by atoms with Crippen LogP contribution in [-0.4, -0.2) is 56.9 Å². The molecule has 7 heteroatoms. The molecule has 0 bridgehead atoms. The highest BCUT2D eigenvalue weighted by molar-refractivity contribution is 5.86. The second kappa shape index (κ2) is 10.7. The predicted molar refractivity (Wildman–Crippen MR) is 112 cm³/mol. The highest BCUT2D eigenvalue weighted by Gasteiger charge is 2.17. The summed E-state index contributed by atoms with van der Waals surface area (Å²) in [7, 11) is 0. The van der Waals surface area contributed by atoms with Gasteiger partial charge in [-0.25, -0.2) is 9.18 Å². The molecule has 0 saturated carbocycles. The molecule has 3 rings (SSSR count). The van der Waals surface area contributed by atoms with Gasteiger partial charge in [-0.15, -0.1) is 0 Å². The Morgan fingerprint density at radius 3 is 2.52 bits per heavy atom. The van der Waals surface area contributed by atoms with Crippen LogP contribution in [0.25, 0.3) is 0 Å². The van der Waals surface area contributed by atoms with Crippen molar-refractivity contribution in [1.29, 1.82) is 0 Å². The largest absolute Gasteiger partial charge is 0.492 e. The molecule has 0 aliphatic carbocycles. The molecule has 1 N–H and O–H groups in total. The Morgan fingerprint density at radius 1 is 1.07 bits per heavy atom. The Labute approximate surface area is 171 Å². The molecule has 29 heavy (non-hydrogen) atoms. The molecule has 0 atom stereocenters. The van der Waals surface area contributed by atoms with E-state index < -0.39 is 6.09 Å². The third-order valence-electron chi connectivity index (χ3n) is 4.84. The van der Waals surface area contributed by atoms with Crippen LogP contribution in [0.15, 0.2) is 48.5 Å². The Bertz CT molecular complexity index is 777. The van der Waals surface area contributed by atoms with Crippen LogP contribution in [0, 0.1) is 5.82 Å². The average Bonchev–Trinajstić information content (AvgIpc) is 2.74. The van der Waals surface area contributed by atoms with Crippen LogP contribution < -0.4 is 15.0 Å². The Kier molecular flexibility index (Phi) is 7.69. The molecule has 0 aromatic heterocycles. The van der Waals surface area contributed by atoms with E-state index in [1.54, 1.807) is 6.07 Å². The van der Waals surface area contributed by atoms with Gasteiger partial charge in [-0.05, 0) is 49.7 Å². The number of nitrogens with zero attached hydrogens (tertiary/aromatic N) is 2. The van der Waals surface area contributed by atoms with E-state index in [-0.39, 0.29) is 5.82 Å². The van der Waals surface area contributed by atoms with Gasteiger partial charge in [-0.3, -0.25) is 10.2 Å². The number of carbonyl (C=O) groups excluding carboxylic acids is 1. The zero-order valence-electron chi connectivity index (χ0n) is 16.8. The van der Waals surface area contributed by atoms with Crippen LogP contribution in [0.5, 0.6) is 5.75 Å². The number of benzene rings is 2. The van der Waals surface area contributed by atoms with Gasteiger partial charge >= 0.3 is 6.09 Å². The van der Waals surface area contributed by atoms with Crippen molar-refractivity contribution >= 4 is 17.5 Å². The number of amides is 1. The third kappa shape index (κ3) is 6.35. The minimum atomic E-state index is -0.474. The zero-order valence-corrected chi connectivity index (χ0v) is 16.8. The van der Waals surface area contributed by atoms with Gasteiger partial charge in [0.25, 0.3) is 0 Å². The van der Waals surface area contributed by atoms with Crippen molar-refractivity contribution in [3.8, 4) is 5.75 Å². The van der Waals surface area contributed by atoms with E-state index in [4.69, 9.17) is 9.47 Å². The summed E-state index contributed by atoms with van der Waals surface area (Å²) in [5.41, 5.74) is 1.66. The predicted octanol–water partition coefficient (Wildman–Crippen LogP) is 3.99. The van der Waals surface area contributed by atoms with Crippen LogP contribution in [0.3, 0.4) is 0 Å². The molecule has 1 fully saturated rings. The third-order valence-corrected chi connectivity index (χ3v) is 4.84. The first-order valence-electron chi connectivity index (χ1n) is 10.0. The number of piperazine rings is 1. The average molecular weight is 401 g/mol. The quantitative estimate of drug-likeness (QED) is 0.678. The molecule has 0 unspecified atom stereocenters. The maximum Gasteiger partial charge on any atom is 0.411 e. The maximum atomic E-state index is 13.0. The van der Waals surface area contributed by atoms with E-state index in [9.17, 15) is 9.18 Å². The monoisotopic (exact) mass is 401 g/mol. The molecule has 0 radical (unpaired) electrons. The van der Waals surface area contributed by atoms with E-state index in [2.05, 4.69) is 15.1 Å². The van der Waals surface area contributed by atoms with Crippen molar-refractivity contribution in [2.45, 2.75) is 13.3 Å². The molecule has 1 aliphatic heterocycles. The molecule has 1 heterocycles. The summed E-state index contributed by atoms with van der Waals surface area (Å²) in [5.74, 6) is 0.420. The molecule has 2 aromatic carbocycles.